The molecule has 2 aromatic heterocycles. The van der Waals surface area contributed by atoms with Gasteiger partial charge in [0.25, 0.3) is 0 Å². The number of thiophene rings is 1. The number of nitrogens with zero attached hydrogens (tertiary/aromatic N) is 4. The van der Waals surface area contributed by atoms with Crippen molar-refractivity contribution in [1.29, 1.82) is 0 Å². The van der Waals surface area contributed by atoms with Crippen molar-refractivity contribution in [3.8, 4) is 0 Å². The highest BCUT2D eigenvalue weighted by Crippen LogP contribution is 2.28. The van der Waals surface area contributed by atoms with Gasteiger partial charge in [0.1, 0.15) is 6.61 Å². The summed E-state index contributed by atoms with van der Waals surface area (Å²) in [5.74, 6) is 0.223. The molecule has 0 aliphatic carbocycles. The Morgan fingerprint density at radius 1 is 1.50 bits per heavy atom. The van der Waals surface area contributed by atoms with E-state index in [0.29, 0.717) is 6.61 Å². The van der Waals surface area contributed by atoms with E-state index in [9.17, 15) is 4.79 Å². The second-order valence-electron chi connectivity index (χ2n) is 6.49. The molecule has 1 aliphatic heterocycles. The highest BCUT2D eigenvalue weighted by atomic mass is 32.1. The van der Waals surface area contributed by atoms with Gasteiger partial charge in [-0.25, -0.2) is 4.98 Å². The van der Waals surface area contributed by atoms with Gasteiger partial charge in [-0.05, 0) is 22.4 Å². The Kier molecular flexibility index (Phi) is 5.33. The Labute approximate surface area is 146 Å². The fourth-order valence-corrected chi connectivity index (χ4v) is 3.78. The number of hydrogen-bond acceptors (Lipinski definition) is 5. The summed E-state index contributed by atoms with van der Waals surface area (Å²) in [5.41, 5.74) is 3.68. The number of imidazole rings is 1. The molecule has 0 unspecified atom stereocenters. The van der Waals surface area contributed by atoms with E-state index in [1.165, 1.54) is 11.3 Å². The molecule has 0 saturated heterocycles. The van der Waals surface area contributed by atoms with Crippen LogP contribution in [0.25, 0.3) is 0 Å². The van der Waals surface area contributed by atoms with E-state index in [-0.39, 0.29) is 18.4 Å². The molecule has 0 spiro atoms. The van der Waals surface area contributed by atoms with Gasteiger partial charge >= 0.3 is 0 Å². The standard InChI is InChI=1S/C17H24N4O2S/c1-19(2)16(22)10-23-9-14-7-21(6-13-4-5-24-11-13)8-15-17(14)20(3)12-18-15/h4-5,11-12,14H,6-10H2,1-3H3/t14-/m1/s1. The average molecular weight is 348 g/mol. The molecule has 130 valence electrons. The number of rotatable bonds is 6. The van der Waals surface area contributed by atoms with Crippen molar-refractivity contribution in [2.24, 2.45) is 7.05 Å². The van der Waals surface area contributed by atoms with Crippen LogP contribution in [0.3, 0.4) is 0 Å². The number of aromatic nitrogens is 2. The minimum atomic E-state index is -0.00818. The topological polar surface area (TPSA) is 50.6 Å². The SMILES string of the molecule is CN(C)C(=O)COC[C@H]1CN(Cc2ccsc2)Cc2ncn(C)c21. The molecule has 0 aromatic carbocycles. The molecule has 3 heterocycles. The molecule has 24 heavy (non-hydrogen) atoms. The van der Waals surface area contributed by atoms with Gasteiger partial charge < -0.3 is 14.2 Å². The highest BCUT2D eigenvalue weighted by molar-refractivity contribution is 7.07. The van der Waals surface area contributed by atoms with Gasteiger partial charge in [0.15, 0.2) is 0 Å². The summed E-state index contributed by atoms with van der Waals surface area (Å²) in [7, 11) is 5.51. The first kappa shape index (κ1) is 17.1. The van der Waals surface area contributed by atoms with Crippen molar-refractivity contribution in [3.63, 3.8) is 0 Å². The van der Waals surface area contributed by atoms with Gasteiger partial charge in [-0.2, -0.15) is 11.3 Å². The predicted octanol–water partition coefficient (Wildman–Crippen LogP) is 1.69. The molecule has 0 N–H and O–H groups in total. The van der Waals surface area contributed by atoms with Gasteiger partial charge in [-0.1, -0.05) is 0 Å². The Hall–Kier alpha value is -1.70. The highest BCUT2D eigenvalue weighted by Gasteiger charge is 2.29. The number of carbonyl (C=O) groups excluding carboxylic acids is 1. The zero-order chi connectivity index (χ0) is 17.1. The quantitative estimate of drug-likeness (QED) is 0.797. The first-order valence-electron chi connectivity index (χ1n) is 8.06. The zero-order valence-corrected chi connectivity index (χ0v) is 15.3. The van der Waals surface area contributed by atoms with Crippen LogP contribution in [0.2, 0.25) is 0 Å². The number of carbonyl (C=O) groups is 1. The maximum atomic E-state index is 11.7. The monoisotopic (exact) mass is 348 g/mol. The molecule has 0 saturated carbocycles. The minimum absolute atomic E-state index is 0.00818. The van der Waals surface area contributed by atoms with Gasteiger partial charge in [-0.15, -0.1) is 0 Å². The lowest BCUT2D eigenvalue weighted by Gasteiger charge is -2.32. The Balaban J connectivity index is 1.66. The van der Waals surface area contributed by atoms with Crippen LogP contribution in [0.5, 0.6) is 0 Å². The third-order valence-corrected chi connectivity index (χ3v) is 5.06. The smallest absolute Gasteiger partial charge is 0.248 e. The molecule has 3 rings (SSSR count). The fourth-order valence-electron chi connectivity index (χ4n) is 3.12. The number of ether oxygens (including phenoxy) is 1. The lowest BCUT2D eigenvalue weighted by Crippen LogP contribution is -2.36. The van der Waals surface area contributed by atoms with Crippen molar-refractivity contribution in [2.75, 3.05) is 33.9 Å². The summed E-state index contributed by atoms with van der Waals surface area (Å²) < 4.78 is 7.79. The van der Waals surface area contributed by atoms with Crippen molar-refractivity contribution < 1.29 is 9.53 Å². The van der Waals surface area contributed by atoms with E-state index in [4.69, 9.17) is 4.74 Å². The van der Waals surface area contributed by atoms with E-state index in [0.717, 1.165) is 25.3 Å². The average Bonchev–Trinajstić information content (AvgIpc) is 3.17. The molecule has 6 nitrogen and oxygen atoms in total. The van der Waals surface area contributed by atoms with E-state index < -0.39 is 0 Å². The lowest BCUT2D eigenvalue weighted by atomic mass is 9.98. The minimum Gasteiger partial charge on any atom is -0.371 e. The van der Waals surface area contributed by atoms with Crippen LogP contribution in [0, 0.1) is 0 Å². The summed E-state index contributed by atoms with van der Waals surface area (Å²) >= 11 is 1.73. The normalized spacial score (nSPS) is 17.7. The number of hydrogen-bond donors (Lipinski definition) is 0. The van der Waals surface area contributed by atoms with Gasteiger partial charge in [0, 0.05) is 52.4 Å². The number of likely N-dealkylation sites (N-methyl/N-ethyl adjacent to an activating group) is 1. The van der Waals surface area contributed by atoms with Crippen LogP contribution in [0.1, 0.15) is 22.9 Å². The van der Waals surface area contributed by atoms with Gasteiger partial charge in [0.05, 0.1) is 18.6 Å². The molecule has 1 atom stereocenters. The van der Waals surface area contributed by atoms with Crippen LogP contribution in [-0.4, -0.2) is 59.1 Å². The Morgan fingerprint density at radius 2 is 2.33 bits per heavy atom. The van der Waals surface area contributed by atoms with Crippen LogP contribution < -0.4 is 0 Å². The van der Waals surface area contributed by atoms with Gasteiger partial charge in [0.2, 0.25) is 5.91 Å². The van der Waals surface area contributed by atoms with E-state index in [1.54, 1.807) is 30.3 Å². The summed E-state index contributed by atoms with van der Waals surface area (Å²) in [6, 6.07) is 2.17. The summed E-state index contributed by atoms with van der Waals surface area (Å²) in [5, 5.41) is 4.30. The van der Waals surface area contributed by atoms with Crippen molar-refractivity contribution in [2.45, 2.75) is 19.0 Å². The van der Waals surface area contributed by atoms with Crippen LogP contribution in [-0.2, 0) is 29.7 Å². The lowest BCUT2D eigenvalue weighted by molar-refractivity contribution is -0.133. The second kappa shape index (κ2) is 7.46. The Morgan fingerprint density at radius 3 is 3.04 bits per heavy atom. The number of fused-ring (bicyclic) bond motifs is 1. The molecule has 1 aliphatic rings. The van der Waals surface area contributed by atoms with Gasteiger partial charge in [-0.3, -0.25) is 9.69 Å². The van der Waals surface area contributed by atoms with Crippen LogP contribution in [0.4, 0.5) is 0 Å². The Bertz CT molecular complexity index is 681. The molecule has 0 fully saturated rings. The summed E-state index contributed by atoms with van der Waals surface area (Å²) in [6.07, 6.45) is 1.87. The number of aryl methyl sites for hydroxylation is 1. The molecule has 2 aromatic rings. The zero-order valence-electron chi connectivity index (χ0n) is 14.4. The van der Waals surface area contributed by atoms with E-state index in [2.05, 4.69) is 31.3 Å². The molecular weight excluding hydrogens is 324 g/mol. The second-order valence-corrected chi connectivity index (χ2v) is 7.27. The fraction of sp³-hybridized carbons (Fsp3) is 0.529. The molecule has 0 radical (unpaired) electrons. The maximum absolute atomic E-state index is 11.7. The van der Waals surface area contributed by atoms with Crippen LogP contribution in [0.15, 0.2) is 23.2 Å². The molecule has 1 amide bonds. The largest absolute Gasteiger partial charge is 0.371 e. The van der Waals surface area contributed by atoms with E-state index in [1.807, 2.05) is 13.4 Å². The first-order chi connectivity index (χ1) is 11.5. The summed E-state index contributed by atoms with van der Waals surface area (Å²) in [4.78, 5) is 20.2. The van der Waals surface area contributed by atoms with Crippen molar-refractivity contribution >= 4 is 17.2 Å². The molecule has 7 heteroatoms. The number of amides is 1. The third-order valence-electron chi connectivity index (χ3n) is 4.33. The van der Waals surface area contributed by atoms with Crippen molar-refractivity contribution in [3.05, 3.63) is 40.1 Å². The maximum Gasteiger partial charge on any atom is 0.248 e. The van der Waals surface area contributed by atoms with Crippen LogP contribution >= 0.6 is 11.3 Å². The van der Waals surface area contributed by atoms with Crippen molar-refractivity contribution in [1.82, 2.24) is 19.4 Å². The first-order valence-corrected chi connectivity index (χ1v) is 9.00. The molecule has 0 bridgehead atoms. The third kappa shape index (κ3) is 3.85. The predicted molar refractivity (Wildman–Crippen MR) is 93.9 cm³/mol. The van der Waals surface area contributed by atoms with E-state index >= 15 is 0 Å². The summed E-state index contributed by atoms with van der Waals surface area (Å²) in [6.45, 7) is 3.36. The molecular formula is C17H24N4O2S.